The largest absolute Gasteiger partial charge is 0.446 e. The number of nitrogens with zero attached hydrogens (tertiary/aromatic N) is 2. The second-order valence-electron chi connectivity index (χ2n) is 7.95. The third-order valence-corrected chi connectivity index (χ3v) is 5.81. The second-order valence-corrected chi connectivity index (χ2v) is 7.95. The number of hydrogen-bond acceptors (Lipinski definition) is 5. The maximum atomic E-state index is 13.0. The standard InChI is InChI=1S/C21H27N3O5/c1-14-9-7-8-12-21(14)19(27)24(20(28)22-21)13-16(25)29-17(18(26)23(2)3)15-10-5-4-6-11-15/h4-6,10-11,14,17H,7-9,12-13H2,1-3H3,(H,22,28)/t14-,17-,21+/m0/s1. The molecule has 29 heavy (non-hydrogen) atoms. The summed E-state index contributed by atoms with van der Waals surface area (Å²) >= 11 is 0. The molecule has 8 heteroatoms. The van der Waals surface area contributed by atoms with Gasteiger partial charge in [-0.25, -0.2) is 4.79 Å². The number of benzene rings is 1. The Hall–Kier alpha value is -2.90. The van der Waals surface area contributed by atoms with Crippen molar-refractivity contribution in [2.24, 2.45) is 5.92 Å². The van der Waals surface area contributed by atoms with Gasteiger partial charge in [-0.3, -0.25) is 19.3 Å². The Balaban J connectivity index is 1.74. The number of urea groups is 1. The first-order chi connectivity index (χ1) is 13.8. The summed E-state index contributed by atoms with van der Waals surface area (Å²) in [5.74, 6) is -1.60. The van der Waals surface area contributed by atoms with Crippen LogP contribution < -0.4 is 5.32 Å². The zero-order valence-corrected chi connectivity index (χ0v) is 17.0. The molecule has 1 heterocycles. The van der Waals surface area contributed by atoms with Crippen molar-refractivity contribution in [2.75, 3.05) is 20.6 Å². The fraction of sp³-hybridized carbons (Fsp3) is 0.524. The molecular formula is C21H27N3O5. The fourth-order valence-electron chi connectivity index (χ4n) is 4.06. The summed E-state index contributed by atoms with van der Waals surface area (Å²) in [6.45, 7) is 1.42. The van der Waals surface area contributed by atoms with E-state index in [-0.39, 0.29) is 11.8 Å². The number of esters is 1. The predicted octanol–water partition coefficient (Wildman–Crippen LogP) is 1.86. The Kier molecular flexibility index (Phi) is 5.91. The molecule has 1 aliphatic carbocycles. The normalized spacial score (nSPS) is 24.9. The van der Waals surface area contributed by atoms with Crippen LogP contribution in [-0.4, -0.2) is 59.8 Å². The smallest absolute Gasteiger partial charge is 0.327 e. The summed E-state index contributed by atoms with van der Waals surface area (Å²) in [7, 11) is 3.13. The lowest BCUT2D eigenvalue weighted by Gasteiger charge is -2.36. The number of ether oxygens (including phenoxy) is 1. The molecule has 1 saturated heterocycles. The summed E-state index contributed by atoms with van der Waals surface area (Å²) in [4.78, 5) is 52.8. The molecule has 1 spiro atoms. The molecule has 156 valence electrons. The molecule has 1 N–H and O–H groups in total. The second kappa shape index (κ2) is 8.23. The van der Waals surface area contributed by atoms with Gasteiger partial charge in [0.25, 0.3) is 11.8 Å². The van der Waals surface area contributed by atoms with E-state index in [1.807, 2.05) is 6.92 Å². The first-order valence-corrected chi connectivity index (χ1v) is 9.86. The number of carbonyl (C=O) groups is 4. The molecule has 3 rings (SSSR count). The molecule has 1 aromatic carbocycles. The van der Waals surface area contributed by atoms with Crippen LogP contribution >= 0.6 is 0 Å². The average molecular weight is 401 g/mol. The molecule has 2 fully saturated rings. The van der Waals surface area contributed by atoms with Gasteiger partial charge >= 0.3 is 12.0 Å². The molecule has 1 saturated carbocycles. The predicted molar refractivity (Wildman–Crippen MR) is 105 cm³/mol. The van der Waals surface area contributed by atoms with Crippen LogP contribution in [0.3, 0.4) is 0 Å². The topological polar surface area (TPSA) is 96.0 Å². The minimum Gasteiger partial charge on any atom is -0.446 e. The summed E-state index contributed by atoms with van der Waals surface area (Å²) in [6.07, 6.45) is 2.14. The Morgan fingerprint density at radius 2 is 1.93 bits per heavy atom. The van der Waals surface area contributed by atoms with Gasteiger partial charge in [-0.05, 0) is 18.8 Å². The highest BCUT2D eigenvalue weighted by Crippen LogP contribution is 2.38. The van der Waals surface area contributed by atoms with Crippen LogP contribution in [0.15, 0.2) is 30.3 Å². The Bertz CT molecular complexity index is 810. The van der Waals surface area contributed by atoms with Crippen molar-refractivity contribution in [1.82, 2.24) is 15.1 Å². The fourth-order valence-corrected chi connectivity index (χ4v) is 4.06. The summed E-state index contributed by atoms with van der Waals surface area (Å²) < 4.78 is 5.42. The van der Waals surface area contributed by atoms with Crippen molar-refractivity contribution in [3.8, 4) is 0 Å². The molecule has 4 amide bonds. The molecule has 0 aromatic heterocycles. The third-order valence-electron chi connectivity index (χ3n) is 5.81. The third kappa shape index (κ3) is 3.97. The highest BCUT2D eigenvalue weighted by molar-refractivity contribution is 6.09. The quantitative estimate of drug-likeness (QED) is 0.600. The van der Waals surface area contributed by atoms with Gasteiger partial charge < -0.3 is 15.0 Å². The van der Waals surface area contributed by atoms with Crippen LogP contribution in [-0.2, 0) is 19.1 Å². The number of likely N-dealkylation sites (N-methyl/N-ethyl adjacent to an activating group) is 1. The minimum absolute atomic E-state index is 0.00102. The number of rotatable bonds is 5. The first kappa shape index (κ1) is 20.8. The zero-order valence-electron chi connectivity index (χ0n) is 17.0. The molecule has 1 aliphatic heterocycles. The van der Waals surface area contributed by atoms with Crippen molar-refractivity contribution in [3.05, 3.63) is 35.9 Å². The summed E-state index contributed by atoms with van der Waals surface area (Å²) in [6, 6.07) is 8.06. The van der Waals surface area contributed by atoms with E-state index in [4.69, 9.17) is 4.74 Å². The highest BCUT2D eigenvalue weighted by atomic mass is 16.5. The lowest BCUT2D eigenvalue weighted by Crippen LogP contribution is -2.54. The van der Waals surface area contributed by atoms with Crippen LogP contribution in [0.5, 0.6) is 0 Å². The van der Waals surface area contributed by atoms with Gasteiger partial charge in [0.2, 0.25) is 6.10 Å². The van der Waals surface area contributed by atoms with Gasteiger partial charge in [0.1, 0.15) is 12.1 Å². The minimum atomic E-state index is -1.14. The maximum Gasteiger partial charge on any atom is 0.327 e. The van der Waals surface area contributed by atoms with Crippen LogP contribution in [0.25, 0.3) is 0 Å². The van der Waals surface area contributed by atoms with Crippen LogP contribution in [0.4, 0.5) is 4.79 Å². The van der Waals surface area contributed by atoms with Crippen molar-refractivity contribution < 1.29 is 23.9 Å². The van der Waals surface area contributed by atoms with E-state index in [0.29, 0.717) is 12.0 Å². The van der Waals surface area contributed by atoms with Gasteiger partial charge in [0.15, 0.2) is 0 Å². The van der Waals surface area contributed by atoms with Gasteiger partial charge in [-0.15, -0.1) is 0 Å². The van der Waals surface area contributed by atoms with Gasteiger partial charge in [-0.1, -0.05) is 50.1 Å². The number of nitrogens with one attached hydrogen (secondary N) is 1. The summed E-state index contributed by atoms with van der Waals surface area (Å²) in [5, 5.41) is 2.80. The molecular weight excluding hydrogens is 374 g/mol. The van der Waals surface area contributed by atoms with Crippen molar-refractivity contribution in [2.45, 2.75) is 44.2 Å². The van der Waals surface area contributed by atoms with Crippen molar-refractivity contribution >= 4 is 23.8 Å². The van der Waals surface area contributed by atoms with E-state index >= 15 is 0 Å². The van der Waals surface area contributed by atoms with Crippen molar-refractivity contribution in [3.63, 3.8) is 0 Å². The number of amides is 4. The summed E-state index contributed by atoms with van der Waals surface area (Å²) in [5.41, 5.74) is -0.414. The lowest BCUT2D eigenvalue weighted by molar-refractivity contribution is -0.161. The maximum absolute atomic E-state index is 13.0. The van der Waals surface area contributed by atoms with Gasteiger partial charge in [-0.2, -0.15) is 0 Å². The van der Waals surface area contributed by atoms with E-state index in [2.05, 4.69) is 5.32 Å². The number of carbonyl (C=O) groups excluding carboxylic acids is 4. The number of imide groups is 1. The van der Waals surface area contributed by atoms with E-state index < -0.39 is 36.1 Å². The molecule has 2 aliphatic rings. The van der Waals surface area contributed by atoms with E-state index in [9.17, 15) is 19.2 Å². The highest BCUT2D eigenvalue weighted by Gasteiger charge is 2.55. The lowest BCUT2D eigenvalue weighted by atomic mass is 9.73. The van der Waals surface area contributed by atoms with Gasteiger partial charge in [0.05, 0.1) is 0 Å². The average Bonchev–Trinajstić information content (AvgIpc) is 2.93. The van der Waals surface area contributed by atoms with E-state index in [0.717, 1.165) is 24.2 Å². The number of hydrogen-bond donors (Lipinski definition) is 1. The van der Waals surface area contributed by atoms with Gasteiger partial charge in [0, 0.05) is 19.7 Å². The van der Waals surface area contributed by atoms with E-state index in [1.54, 1.807) is 44.4 Å². The molecule has 3 atom stereocenters. The van der Waals surface area contributed by atoms with Crippen LogP contribution in [0.1, 0.15) is 44.3 Å². The monoisotopic (exact) mass is 401 g/mol. The molecule has 0 bridgehead atoms. The Morgan fingerprint density at radius 3 is 2.55 bits per heavy atom. The Morgan fingerprint density at radius 1 is 1.24 bits per heavy atom. The Labute approximate surface area is 170 Å². The molecule has 1 aromatic rings. The first-order valence-electron chi connectivity index (χ1n) is 9.86. The molecule has 0 unspecified atom stereocenters. The van der Waals surface area contributed by atoms with Crippen molar-refractivity contribution in [1.29, 1.82) is 0 Å². The SMILES string of the molecule is C[C@H]1CCCC[C@@]12NC(=O)N(CC(=O)O[C@H](C(=O)N(C)C)c1ccccc1)C2=O. The van der Waals surface area contributed by atoms with Crippen LogP contribution in [0, 0.1) is 5.92 Å². The zero-order chi connectivity index (χ0) is 21.2. The van der Waals surface area contributed by atoms with E-state index in [1.165, 1.54) is 4.90 Å². The molecule has 8 nitrogen and oxygen atoms in total. The van der Waals surface area contributed by atoms with Crippen LogP contribution in [0.2, 0.25) is 0 Å². The molecule has 0 radical (unpaired) electrons.